The SMILES string of the molecule is COc1cc(Cc2ccc3c(c2)OC(C(F)(F)F)C(C(=O)O)=C3)ccc1Cl. The number of fused-ring (bicyclic) bond motifs is 1. The Labute approximate surface area is 157 Å². The van der Waals surface area contributed by atoms with Gasteiger partial charge >= 0.3 is 12.1 Å². The van der Waals surface area contributed by atoms with Crippen LogP contribution in [0.3, 0.4) is 0 Å². The minimum Gasteiger partial charge on any atom is -0.495 e. The van der Waals surface area contributed by atoms with Crippen molar-refractivity contribution in [3.8, 4) is 11.5 Å². The first-order chi connectivity index (χ1) is 12.7. The molecule has 0 aromatic heterocycles. The van der Waals surface area contributed by atoms with Gasteiger partial charge < -0.3 is 14.6 Å². The zero-order chi connectivity index (χ0) is 19.8. The first-order valence-electron chi connectivity index (χ1n) is 7.82. The number of rotatable bonds is 4. The van der Waals surface area contributed by atoms with Crippen molar-refractivity contribution < 1.29 is 32.5 Å². The number of halogens is 4. The molecule has 1 N–H and O–H groups in total. The van der Waals surface area contributed by atoms with Crippen molar-refractivity contribution in [1.82, 2.24) is 0 Å². The summed E-state index contributed by atoms with van der Waals surface area (Å²) >= 11 is 5.99. The van der Waals surface area contributed by atoms with Crippen LogP contribution in [-0.2, 0) is 11.2 Å². The number of methoxy groups -OCH3 is 1. The van der Waals surface area contributed by atoms with Gasteiger partial charge in [0.2, 0.25) is 6.10 Å². The molecule has 2 aromatic rings. The smallest absolute Gasteiger partial charge is 0.430 e. The van der Waals surface area contributed by atoms with E-state index in [1.165, 1.54) is 19.2 Å². The zero-order valence-electron chi connectivity index (χ0n) is 14.0. The van der Waals surface area contributed by atoms with Crippen molar-refractivity contribution in [3.05, 3.63) is 63.7 Å². The van der Waals surface area contributed by atoms with Gasteiger partial charge in [-0.15, -0.1) is 0 Å². The molecule has 8 heteroatoms. The Morgan fingerprint density at radius 1 is 1.22 bits per heavy atom. The number of benzene rings is 2. The number of carboxylic acids is 1. The predicted molar refractivity (Wildman–Crippen MR) is 93.3 cm³/mol. The van der Waals surface area contributed by atoms with E-state index in [4.69, 9.17) is 26.2 Å². The number of ether oxygens (including phenoxy) is 2. The van der Waals surface area contributed by atoms with Crippen LogP contribution in [0.5, 0.6) is 11.5 Å². The van der Waals surface area contributed by atoms with Crippen molar-refractivity contribution in [3.63, 3.8) is 0 Å². The number of alkyl halides is 3. The van der Waals surface area contributed by atoms with Crippen molar-refractivity contribution >= 4 is 23.6 Å². The Hall–Kier alpha value is -2.67. The summed E-state index contributed by atoms with van der Waals surface area (Å²) in [6.07, 6.45) is -5.93. The molecule has 0 saturated carbocycles. The second-order valence-corrected chi connectivity index (χ2v) is 6.37. The Morgan fingerprint density at radius 2 is 1.89 bits per heavy atom. The summed E-state index contributed by atoms with van der Waals surface area (Å²) in [5.41, 5.74) is 0.989. The molecule has 1 aliphatic heterocycles. The summed E-state index contributed by atoms with van der Waals surface area (Å²) in [7, 11) is 1.49. The second kappa shape index (κ2) is 7.15. The maximum Gasteiger partial charge on any atom is 0.430 e. The largest absolute Gasteiger partial charge is 0.495 e. The molecular weight excluding hydrogens is 385 g/mol. The summed E-state index contributed by atoms with van der Waals surface area (Å²) in [5, 5.41) is 9.50. The second-order valence-electron chi connectivity index (χ2n) is 5.96. The van der Waals surface area contributed by atoms with Gasteiger partial charge in [-0.3, -0.25) is 0 Å². The lowest BCUT2D eigenvalue weighted by Crippen LogP contribution is -2.40. The Kier molecular flexibility index (Phi) is 5.06. The molecule has 0 spiro atoms. The van der Waals surface area contributed by atoms with Crippen molar-refractivity contribution in [2.75, 3.05) is 7.11 Å². The van der Waals surface area contributed by atoms with Crippen LogP contribution in [0, 0.1) is 0 Å². The average Bonchev–Trinajstić information content (AvgIpc) is 2.61. The number of aliphatic carboxylic acids is 1. The Balaban J connectivity index is 1.93. The minimum absolute atomic E-state index is 0.0132. The normalized spacial score (nSPS) is 16.2. The molecule has 1 aliphatic rings. The van der Waals surface area contributed by atoms with Crippen molar-refractivity contribution in [2.24, 2.45) is 0 Å². The lowest BCUT2D eigenvalue weighted by molar-refractivity contribution is -0.187. The lowest BCUT2D eigenvalue weighted by atomic mass is 9.98. The van der Waals surface area contributed by atoms with Gasteiger partial charge in [-0.25, -0.2) is 4.79 Å². The maximum atomic E-state index is 13.2. The third-order valence-corrected chi connectivity index (χ3v) is 4.40. The van der Waals surface area contributed by atoms with E-state index < -0.39 is 23.8 Å². The van der Waals surface area contributed by atoms with E-state index in [-0.39, 0.29) is 11.3 Å². The molecule has 27 heavy (non-hydrogen) atoms. The monoisotopic (exact) mass is 398 g/mol. The molecular formula is C19H14ClF3O4. The number of carboxylic acid groups (broad SMARTS) is 1. The van der Waals surface area contributed by atoms with E-state index in [9.17, 15) is 18.0 Å². The highest BCUT2D eigenvalue weighted by Gasteiger charge is 2.48. The topological polar surface area (TPSA) is 55.8 Å². The van der Waals surface area contributed by atoms with Crippen LogP contribution in [-0.4, -0.2) is 30.5 Å². The van der Waals surface area contributed by atoms with E-state index in [2.05, 4.69) is 0 Å². The van der Waals surface area contributed by atoms with E-state index in [1.54, 1.807) is 24.3 Å². The summed E-state index contributed by atoms with van der Waals surface area (Å²) in [5.74, 6) is -1.18. The molecule has 0 radical (unpaired) electrons. The van der Waals surface area contributed by atoms with E-state index in [0.717, 1.165) is 11.6 Å². The number of hydrogen-bond acceptors (Lipinski definition) is 3. The highest BCUT2D eigenvalue weighted by atomic mass is 35.5. The predicted octanol–water partition coefficient (Wildman–Crippen LogP) is 4.73. The highest BCUT2D eigenvalue weighted by molar-refractivity contribution is 6.32. The molecule has 0 bridgehead atoms. The van der Waals surface area contributed by atoms with Gasteiger partial charge in [-0.2, -0.15) is 13.2 Å². The molecule has 0 aliphatic carbocycles. The third kappa shape index (κ3) is 4.03. The van der Waals surface area contributed by atoms with Crippen molar-refractivity contribution in [1.29, 1.82) is 0 Å². The minimum atomic E-state index is -4.83. The average molecular weight is 399 g/mol. The lowest BCUT2D eigenvalue weighted by Gasteiger charge is -2.27. The van der Waals surface area contributed by atoms with E-state index >= 15 is 0 Å². The van der Waals surface area contributed by atoms with Crippen LogP contribution < -0.4 is 9.47 Å². The molecule has 1 unspecified atom stereocenters. The highest BCUT2D eigenvalue weighted by Crippen LogP contribution is 2.38. The van der Waals surface area contributed by atoms with Crippen molar-refractivity contribution in [2.45, 2.75) is 18.7 Å². The van der Waals surface area contributed by atoms with Crippen LogP contribution >= 0.6 is 11.6 Å². The van der Waals surface area contributed by atoms with Gasteiger partial charge in [-0.05, 0) is 41.8 Å². The van der Waals surface area contributed by atoms with Crippen LogP contribution in [0.15, 0.2) is 42.0 Å². The molecule has 2 aromatic carbocycles. The summed E-state index contributed by atoms with van der Waals surface area (Å²) in [4.78, 5) is 11.1. The van der Waals surface area contributed by atoms with E-state index in [1.807, 2.05) is 0 Å². The molecule has 0 saturated heterocycles. The summed E-state index contributed by atoms with van der Waals surface area (Å²) in [6.45, 7) is 0. The fourth-order valence-electron chi connectivity index (χ4n) is 2.81. The van der Waals surface area contributed by atoms with Crippen LogP contribution in [0.4, 0.5) is 13.2 Å². The maximum absolute atomic E-state index is 13.2. The van der Waals surface area contributed by atoms with Crippen LogP contribution in [0.2, 0.25) is 5.02 Å². The first-order valence-corrected chi connectivity index (χ1v) is 8.20. The quantitative estimate of drug-likeness (QED) is 0.809. The fourth-order valence-corrected chi connectivity index (χ4v) is 3.01. The summed E-state index contributed by atoms with van der Waals surface area (Å²) < 4.78 is 49.6. The van der Waals surface area contributed by atoms with Gasteiger partial charge in [0.05, 0.1) is 17.7 Å². The van der Waals surface area contributed by atoms with Gasteiger partial charge in [-0.1, -0.05) is 29.8 Å². The van der Waals surface area contributed by atoms with Gasteiger partial charge in [0.1, 0.15) is 11.5 Å². The first kappa shape index (κ1) is 19.1. The zero-order valence-corrected chi connectivity index (χ0v) is 14.8. The van der Waals surface area contributed by atoms with Gasteiger partial charge in [0.25, 0.3) is 0 Å². The summed E-state index contributed by atoms with van der Waals surface area (Å²) in [6, 6.07) is 9.91. The standard InChI is InChI=1S/C19H14ClF3O4/c1-26-16-8-11(3-5-14(16)20)6-10-2-4-12-9-13(18(24)25)17(19(21,22)23)27-15(12)7-10/h2-5,7-9,17H,6H2,1H3,(H,24,25). The molecule has 0 fully saturated rings. The number of hydrogen-bond donors (Lipinski definition) is 1. The van der Waals surface area contributed by atoms with Crippen LogP contribution in [0.1, 0.15) is 16.7 Å². The molecule has 0 amide bonds. The molecule has 4 nitrogen and oxygen atoms in total. The fraction of sp³-hybridized carbons (Fsp3) is 0.211. The Bertz CT molecular complexity index is 922. The Morgan fingerprint density at radius 3 is 2.52 bits per heavy atom. The van der Waals surface area contributed by atoms with E-state index in [0.29, 0.717) is 22.8 Å². The van der Waals surface area contributed by atoms with Gasteiger partial charge in [0, 0.05) is 5.56 Å². The molecule has 1 heterocycles. The van der Waals surface area contributed by atoms with Crippen LogP contribution in [0.25, 0.3) is 6.08 Å². The molecule has 3 rings (SSSR count). The molecule has 142 valence electrons. The van der Waals surface area contributed by atoms with Gasteiger partial charge in [0.15, 0.2) is 0 Å². The third-order valence-electron chi connectivity index (χ3n) is 4.08. The molecule has 1 atom stereocenters. The number of carbonyl (C=O) groups is 1.